The molecule has 2 aliphatic rings. The zero-order valence-corrected chi connectivity index (χ0v) is 9.57. The van der Waals surface area contributed by atoms with Crippen molar-refractivity contribution in [1.29, 1.82) is 0 Å². The van der Waals surface area contributed by atoms with Gasteiger partial charge in [0.05, 0.1) is 19.0 Å². The van der Waals surface area contributed by atoms with Crippen molar-refractivity contribution in [2.45, 2.75) is 16.4 Å². The third-order valence-corrected chi connectivity index (χ3v) is 6.06. The molecule has 0 N–H and O–H groups in total. The summed E-state index contributed by atoms with van der Waals surface area (Å²) in [6.07, 6.45) is 0.402. The predicted octanol–water partition coefficient (Wildman–Crippen LogP) is 1.13. The maximum Gasteiger partial charge on any atom is 0.198 e. The van der Waals surface area contributed by atoms with Crippen molar-refractivity contribution in [3.63, 3.8) is 0 Å². The topological polar surface area (TPSA) is 52.6 Å². The van der Waals surface area contributed by atoms with Crippen LogP contribution in [0.2, 0.25) is 0 Å². The van der Waals surface area contributed by atoms with Gasteiger partial charge in [0, 0.05) is 12.0 Å². The Bertz CT molecular complexity index is 482. The molecule has 0 saturated carbocycles. The fourth-order valence-electron chi connectivity index (χ4n) is 2.07. The average molecular weight is 246 g/mol. The van der Waals surface area contributed by atoms with Gasteiger partial charge >= 0.3 is 0 Å². The second-order valence-electron chi connectivity index (χ2n) is 3.64. The molecule has 0 unspecified atom stereocenters. The van der Waals surface area contributed by atoms with Gasteiger partial charge in [-0.3, -0.25) is 0 Å². The lowest BCUT2D eigenvalue weighted by Gasteiger charge is -2.31. The molecule has 0 bridgehead atoms. The lowest BCUT2D eigenvalue weighted by molar-refractivity contribution is -0.169. The highest BCUT2D eigenvalue weighted by Gasteiger charge is 2.47. The summed E-state index contributed by atoms with van der Waals surface area (Å²) in [6, 6.07) is 1.79. The van der Waals surface area contributed by atoms with Crippen LogP contribution < -0.4 is 0 Å². The van der Waals surface area contributed by atoms with Gasteiger partial charge in [0.1, 0.15) is 4.21 Å². The molecule has 1 aromatic rings. The van der Waals surface area contributed by atoms with E-state index >= 15 is 0 Å². The minimum absolute atomic E-state index is 0.112. The third kappa shape index (κ3) is 1.29. The number of rotatable bonds is 0. The van der Waals surface area contributed by atoms with E-state index in [9.17, 15) is 8.42 Å². The second-order valence-corrected chi connectivity index (χ2v) is 6.86. The highest BCUT2D eigenvalue weighted by molar-refractivity contribution is 7.93. The highest BCUT2D eigenvalue weighted by atomic mass is 32.2. The van der Waals surface area contributed by atoms with Gasteiger partial charge in [0.2, 0.25) is 0 Å². The summed E-state index contributed by atoms with van der Waals surface area (Å²) in [5.41, 5.74) is 0.691. The molecule has 82 valence electrons. The van der Waals surface area contributed by atoms with Crippen LogP contribution in [0.4, 0.5) is 0 Å². The molecule has 3 heterocycles. The van der Waals surface area contributed by atoms with E-state index in [4.69, 9.17) is 9.47 Å². The fourth-order valence-corrected chi connectivity index (χ4v) is 5.03. The third-order valence-electron chi connectivity index (χ3n) is 2.78. The Kier molecular flexibility index (Phi) is 1.98. The van der Waals surface area contributed by atoms with Crippen molar-refractivity contribution in [2.24, 2.45) is 0 Å². The van der Waals surface area contributed by atoms with Crippen molar-refractivity contribution in [2.75, 3.05) is 19.0 Å². The van der Waals surface area contributed by atoms with E-state index in [-0.39, 0.29) is 5.75 Å². The number of hydrogen-bond acceptors (Lipinski definition) is 5. The highest BCUT2D eigenvalue weighted by Crippen LogP contribution is 2.45. The van der Waals surface area contributed by atoms with Crippen LogP contribution in [-0.2, 0) is 25.1 Å². The molecule has 0 aromatic carbocycles. The van der Waals surface area contributed by atoms with Gasteiger partial charge in [-0.1, -0.05) is 0 Å². The van der Waals surface area contributed by atoms with Crippen molar-refractivity contribution in [3.8, 4) is 0 Å². The van der Waals surface area contributed by atoms with Gasteiger partial charge in [-0.25, -0.2) is 8.42 Å². The van der Waals surface area contributed by atoms with Gasteiger partial charge in [-0.05, 0) is 11.4 Å². The van der Waals surface area contributed by atoms with Crippen LogP contribution in [0, 0.1) is 0 Å². The number of fused-ring (bicyclic) bond motifs is 2. The van der Waals surface area contributed by atoms with Crippen molar-refractivity contribution < 1.29 is 17.9 Å². The van der Waals surface area contributed by atoms with Gasteiger partial charge in [0.25, 0.3) is 0 Å². The summed E-state index contributed by atoms with van der Waals surface area (Å²) in [6.45, 7) is 1.07. The van der Waals surface area contributed by atoms with E-state index in [1.165, 1.54) is 11.3 Å². The summed E-state index contributed by atoms with van der Waals surface area (Å²) in [4.78, 5) is 0. The average Bonchev–Trinajstić information content (AvgIpc) is 2.83. The van der Waals surface area contributed by atoms with Crippen LogP contribution in [0.5, 0.6) is 0 Å². The monoisotopic (exact) mass is 246 g/mol. The lowest BCUT2D eigenvalue weighted by Crippen LogP contribution is -2.35. The predicted molar refractivity (Wildman–Crippen MR) is 54.6 cm³/mol. The molecule has 4 nitrogen and oxygen atoms in total. The Morgan fingerprint density at radius 3 is 2.80 bits per heavy atom. The molecule has 0 radical (unpaired) electrons. The van der Waals surface area contributed by atoms with E-state index in [0.29, 0.717) is 29.4 Å². The minimum atomic E-state index is -3.10. The van der Waals surface area contributed by atoms with Gasteiger partial charge in [-0.15, -0.1) is 11.3 Å². The molecule has 0 amide bonds. The quantitative estimate of drug-likeness (QED) is 0.688. The van der Waals surface area contributed by atoms with E-state index in [1.807, 2.05) is 0 Å². The molecule has 1 spiro atoms. The minimum Gasteiger partial charge on any atom is -0.343 e. The number of ether oxygens (including phenoxy) is 2. The first kappa shape index (κ1) is 9.77. The Morgan fingerprint density at radius 2 is 2.07 bits per heavy atom. The molecular formula is C9H10O4S2. The molecule has 15 heavy (non-hydrogen) atoms. The first-order valence-electron chi connectivity index (χ1n) is 4.73. The molecule has 1 aromatic heterocycles. The van der Waals surface area contributed by atoms with Crippen molar-refractivity contribution in [3.05, 3.63) is 17.0 Å². The van der Waals surface area contributed by atoms with Gasteiger partial charge in [0.15, 0.2) is 15.6 Å². The Labute approximate surface area is 91.7 Å². The standard InChI is InChI=1S/C9H10O4S2/c10-15(11)6-2-9(12-3-4-13-9)7-1-5-14-8(7)15/h1,5H,2-4,6H2. The lowest BCUT2D eigenvalue weighted by atomic mass is 10.1. The maximum absolute atomic E-state index is 11.8. The first-order chi connectivity index (χ1) is 7.14. The molecule has 6 heteroatoms. The van der Waals surface area contributed by atoms with Crippen molar-refractivity contribution in [1.82, 2.24) is 0 Å². The molecule has 2 aliphatic heterocycles. The van der Waals surface area contributed by atoms with Crippen LogP contribution in [0.1, 0.15) is 12.0 Å². The molecule has 1 saturated heterocycles. The Hall–Kier alpha value is -0.430. The van der Waals surface area contributed by atoms with E-state index < -0.39 is 15.6 Å². The van der Waals surface area contributed by atoms with Crippen LogP contribution >= 0.6 is 11.3 Å². The normalized spacial score (nSPS) is 26.7. The van der Waals surface area contributed by atoms with E-state index in [2.05, 4.69) is 0 Å². The van der Waals surface area contributed by atoms with Crippen LogP contribution in [0.25, 0.3) is 0 Å². The van der Waals surface area contributed by atoms with Crippen LogP contribution in [-0.4, -0.2) is 27.4 Å². The number of sulfone groups is 1. The molecule has 1 fully saturated rings. The van der Waals surface area contributed by atoms with Crippen LogP contribution in [0.3, 0.4) is 0 Å². The molecule has 3 rings (SSSR count). The molecular weight excluding hydrogens is 236 g/mol. The Balaban J connectivity index is 2.20. The molecule has 0 atom stereocenters. The zero-order chi connectivity index (χ0) is 10.5. The summed E-state index contributed by atoms with van der Waals surface area (Å²) >= 11 is 1.25. The number of hydrogen-bond donors (Lipinski definition) is 0. The Morgan fingerprint density at radius 1 is 1.33 bits per heavy atom. The summed E-state index contributed by atoms with van der Waals surface area (Å²) < 4.78 is 35.1. The second kappa shape index (κ2) is 3.04. The first-order valence-corrected chi connectivity index (χ1v) is 7.26. The molecule has 0 aliphatic carbocycles. The summed E-state index contributed by atoms with van der Waals surface area (Å²) in [5.74, 6) is -0.666. The number of thiophene rings is 1. The van der Waals surface area contributed by atoms with Gasteiger partial charge in [-0.2, -0.15) is 0 Å². The van der Waals surface area contributed by atoms with Crippen LogP contribution in [0.15, 0.2) is 15.7 Å². The smallest absolute Gasteiger partial charge is 0.198 e. The summed E-state index contributed by atoms with van der Waals surface area (Å²) in [5, 5.41) is 1.78. The zero-order valence-electron chi connectivity index (χ0n) is 7.93. The summed E-state index contributed by atoms with van der Waals surface area (Å²) in [7, 11) is -3.10. The van der Waals surface area contributed by atoms with E-state index in [0.717, 1.165) is 0 Å². The maximum atomic E-state index is 11.8. The SMILES string of the molecule is O=S1(=O)CCC2(OCCO2)c2ccsc21. The van der Waals surface area contributed by atoms with E-state index in [1.54, 1.807) is 11.4 Å². The van der Waals surface area contributed by atoms with Gasteiger partial charge < -0.3 is 9.47 Å². The largest absolute Gasteiger partial charge is 0.343 e. The van der Waals surface area contributed by atoms with Crippen molar-refractivity contribution >= 4 is 21.2 Å². The fraction of sp³-hybridized carbons (Fsp3) is 0.556.